The van der Waals surface area contributed by atoms with E-state index in [0.29, 0.717) is 27.1 Å². The van der Waals surface area contributed by atoms with Crippen LogP contribution in [0.4, 0.5) is 4.39 Å². The SMILES string of the molecule is COc1cc(C(=O)c2ccc(F)c(Br)c2)c(OC)cc1Br. The van der Waals surface area contributed by atoms with Crippen molar-refractivity contribution in [1.82, 2.24) is 0 Å². The zero-order valence-corrected chi connectivity index (χ0v) is 14.4. The summed E-state index contributed by atoms with van der Waals surface area (Å²) in [5.74, 6) is 0.221. The van der Waals surface area contributed by atoms with Gasteiger partial charge >= 0.3 is 0 Å². The van der Waals surface area contributed by atoms with Crippen molar-refractivity contribution < 1.29 is 18.7 Å². The van der Waals surface area contributed by atoms with Crippen molar-refractivity contribution in [2.45, 2.75) is 0 Å². The molecule has 0 aliphatic heterocycles. The van der Waals surface area contributed by atoms with Crippen LogP contribution in [-0.2, 0) is 0 Å². The molecule has 0 atom stereocenters. The van der Waals surface area contributed by atoms with Gasteiger partial charge in [-0.3, -0.25) is 4.79 Å². The number of carbonyl (C=O) groups is 1. The van der Waals surface area contributed by atoms with Crippen LogP contribution in [0.5, 0.6) is 11.5 Å². The van der Waals surface area contributed by atoms with Crippen molar-refractivity contribution in [2.24, 2.45) is 0 Å². The fourth-order valence-electron chi connectivity index (χ4n) is 1.83. The third kappa shape index (κ3) is 3.27. The molecular weight excluding hydrogens is 407 g/mol. The van der Waals surface area contributed by atoms with Crippen molar-refractivity contribution in [1.29, 1.82) is 0 Å². The van der Waals surface area contributed by atoms with Crippen LogP contribution in [0.3, 0.4) is 0 Å². The molecule has 0 aromatic heterocycles. The molecule has 0 saturated carbocycles. The lowest BCUT2D eigenvalue weighted by molar-refractivity contribution is 0.103. The van der Waals surface area contributed by atoms with Gasteiger partial charge in [0.25, 0.3) is 0 Å². The second-order valence-electron chi connectivity index (χ2n) is 4.15. The standard InChI is InChI=1S/C15H11Br2FO3/c1-20-13-7-11(17)14(21-2)6-9(13)15(19)8-3-4-12(18)10(16)5-8/h3-7H,1-2H3. The van der Waals surface area contributed by atoms with E-state index >= 15 is 0 Å². The summed E-state index contributed by atoms with van der Waals surface area (Å²) in [6, 6.07) is 7.34. The summed E-state index contributed by atoms with van der Waals surface area (Å²) >= 11 is 6.41. The van der Waals surface area contributed by atoms with Crippen LogP contribution in [-0.4, -0.2) is 20.0 Å². The molecule has 2 aromatic carbocycles. The summed E-state index contributed by atoms with van der Waals surface area (Å²) in [6.07, 6.45) is 0. The Morgan fingerprint density at radius 2 is 1.67 bits per heavy atom. The first-order chi connectivity index (χ1) is 9.97. The van der Waals surface area contributed by atoms with Gasteiger partial charge in [-0.15, -0.1) is 0 Å². The smallest absolute Gasteiger partial charge is 0.196 e. The quantitative estimate of drug-likeness (QED) is 0.682. The van der Waals surface area contributed by atoms with Gasteiger partial charge in [-0.1, -0.05) is 0 Å². The van der Waals surface area contributed by atoms with Crippen molar-refractivity contribution >= 4 is 37.6 Å². The Hall–Kier alpha value is -1.40. The highest BCUT2D eigenvalue weighted by atomic mass is 79.9. The molecule has 0 unspecified atom stereocenters. The third-order valence-corrected chi connectivity index (χ3v) is 4.13. The molecule has 21 heavy (non-hydrogen) atoms. The molecule has 6 heteroatoms. The fraction of sp³-hybridized carbons (Fsp3) is 0.133. The largest absolute Gasteiger partial charge is 0.496 e. The maximum absolute atomic E-state index is 13.3. The highest BCUT2D eigenvalue weighted by Gasteiger charge is 2.18. The summed E-state index contributed by atoms with van der Waals surface area (Å²) in [5.41, 5.74) is 0.696. The van der Waals surface area contributed by atoms with Gasteiger partial charge < -0.3 is 9.47 Å². The number of methoxy groups -OCH3 is 2. The maximum atomic E-state index is 13.3. The molecule has 0 radical (unpaired) electrons. The molecule has 3 nitrogen and oxygen atoms in total. The van der Waals surface area contributed by atoms with Crippen molar-refractivity contribution in [3.05, 3.63) is 56.2 Å². The van der Waals surface area contributed by atoms with Crippen LogP contribution in [0.1, 0.15) is 15.9 Å². The van der Waals surface area contributed by atoms with Gasteiger partial charge in [0.1, 0.15) is 17.3 Å². The van der Waals surface area contributed by atoms with Gasteiger partial charge in [0.05, 0.1) is 28.7 Å². The van der Waals surface area contributed by atoms with E-state index < -0.39 is 5.82 Å². The Labute approximate surface area is 138 Å². The van der Waals surface area contributed by atoms with E-state index in [2.05, 4.69) is 31.9 Å². The molecule has 0 bridgehead atoms. The van der Waals surface area contributed by atoms with E-state index in [1.807, 2.05) is 0 Å². The molecule has 0 aliphatic carbocycles. The molecule has 0 amide bonds. The zero-order valence-electron chi connectivity index (χ0n) is 11.2. The second-order valence-corrected chi connectivity index (χ2v) is 5.85. The predicted molar refractivity (Wildman–Crippen MR) is 84.8 cm³/mol. The predicted octanol–water partition coefficient (Wildman–Crippen LogP) is 4.60. The molecule has 0 N–H and O–H groups in total. The lowest BCUT2D eigenvalue weighted by Crippen LogP contribution is -2.05. The lowest BCUT2D eigenvalue weighted by Gasteiger charge is -2.12. The summed E-state index contributed by atoms with van der Waals surface area (Å²) in [6.45, 7) is 0. The van der Waals surface area contributed by atoms with Gasteiger partial charge in [0.15, 0.2) is 5.78 Å². The molecule has 0 saturated heterocycles. The minimum atomic E-state index is -0.424. The minimum absolute atomic E-state index is 0.233. The van der Waals surface area contributed by atoms with E-state index in [1.165, 1.54) is 32.4 Å². The molecular formula is C15H11Br2FO3. The van der Waals surface area contributed by atoms with Crippen LogP contribution in [0.25, 0.3) is 0 Å². The summed E-state index contributed by atoms with van der Waals surface area (Å²) in [5, 5.41) is 0. The van der Waals surface area contributed by atoms with E-state index in [4.69, 9.17) is 9.47 Å². The average molecular weight is 418 g/mol. The molecule has 0 aliphatic rings. The number of benzene rings is 2. The van der Waals surface area contributed by atoms with Gasteiger partial charge in [-0.25, -0.2) is 4.39 Å². The second kappa shape index (κ2) is 6.58. The number of hydrogen-bond donors (Lipinski definition) is 0. The Bertz CT molecular complexity index is 702. The van der Waals surface area contributed by atoms with Crippen LogP contribution < -0.4 is 9.47 Å². The normalized spacial score (nSPS) is 10.3. The maximum Gasteiger partial charge on any atom is 0.196 e. The first kappa shape index (κ1) is 16.0. The Morgan fingerprint density at radius 3 is 2.24 bits per heavy atom. The van der Waals surface area contributed by atoms with Crippen molar-refractivity contribution in [2.75, 3.05) is 14.2 Å². The molecule has 0 spiro atoms. The number of ether oxygens (including phenoxy) is 2. The van der Waals surface area contributed by atoms with Crippen molar-refractivity contribution in [3.63, 3.8) is 0 Å². The number of carbonyl (C=O) groups excluding carboxylic acids is 1. The van der Waals surface area contributed by atoms with Gasteiger partial charge in [-0.2, -0.15) is 0 Å². The molecule has 110 valence electrons. The summed E-state index contributed by atoms with van der Waals surface area (Å²) in [4.78, 5) is 12.6. The topological polar surface area (TPSA) is 35.5 Å². The summed E-state index contributed by atoms with van der Waals surface area (Å²) < 4.78 is 24.6. The minimum Gasteiger partial charge on any atom is -0.496 e. The Morgan fingerprint density at radius 1 is 1.00 bits per heavy atom. The third-order valence-electron chi connectivity index (χ3n) is 2.90. The first-order valence-corrected chi connectivity index (χ1v) is 7.47. The summed E-state index contributed by atoms with van der Waals surface area (Å²) in [7, 11) is 2.99. The van der Waals surface area contributed by atoms with Crippen LogP contribution >= 0.6 is 31.9 Å². The average Bonchev–Trinajstić information content (AvgIpc) is 2.49. The number of ketones is 1. The van der Waals surface area contributed by atoms with E-state index in [9.17, 15) is 9.18 Å². The molecule has 0 heterocycles. The van der Waals surface area contributed by atoms with Crippen LogP contribution in [0.15, 0.2) is 39.3 Å². The number of rotatable bonds is 4. The molecule has 0 fully saturated rings. The lowest BCUT2D eigenvalue weighted by atomic mass is 10.0. The molecule has 2 aromatic rings. The van der Waals surface area contributed by atoms with Crippen molar-refractivity contribution in [3.8, 4) is 11.5 Å². The highest BCUT2D eigenvalue weighted by molar-refractivity contribution is 9.10. The van der Waals surface area contributed by atoms with Gasteiger partial charge in [-0.05, 0) is 62.2 Å². The van der Waals surface area contributed by atoms with Crippen LogP contribution in [0, 0.1) is 5.82 Å². The monoisotopic (exact) mass is 416 g/mol. The van der Waals surface area contributed by atoms with Gasteiger partial charge in [0.2, 0.25) is 0 Å². The zero-order chi connectivity index (χ0) is 15.6. The van der Waals surface area contributed by atoms with E-state index in [-0.39, 0.29) is 10.3 Å². The number of hydrogen-bond acceptors (Lipinski definition) is 3. The molecule has 2 rings (SSSR count). The number of halogens is 3. The van der Waals surface area contributed by atoms with Gasteiger partial charge in [0, 0.05) is 5.56 Å². The Kier molecular flexibility index (Phi) is 5.00. The fourth-order valence-corrected chi connectivity index (χ4v) is 2.69. The first-order valence-electron chi connectivity index (χ1n) is 5.89. The van der Waals surface area contributed by atoms with E-state index in [1.54, 1.807) is 12.1 Å². The van der Waals surface area contributed by atoms with Crippen LogP contribution in [0.2, 0.25) is 0 Å². The highest BCUT2D eigenvalue weighted by Crippen LogP contribution is 2.34. The Balaban J connectivity index is 2.53. The van der Waals surface area contributed by atoms with E-state index in [0.717, 1.165) is 0 Å².